The van der Waals surface area contributed by atoms with E-state index >= 15 is 0 Å². The molecule has 188 valence electrons. The van der Waals surface area contributed by atoms with Gasteiger partial charge in [0, 0.05) is 0 Å². The lowest BCUT2D eigenvalue weighted by Gasteiger charge is -2.37. The fourth-order valence-corrected chi connectivity index (χ4v) is 4.15. The zero-order valence-corrected chi connectivity index (χ0v) is 21.4. The molecule has 0 saturated carbocycles. The Morgan fingerprint density at radius 2 is 1.03 bits per heavy atom. The molecule has 3 rings (SSSR count). The molecule has 0 aromatic heterocycles. The predicted octanol–water partition coefficient (Wildman–Crippen LogP) is 4.10. The van der Waals surface area contributed by atoms with Crippen molar-refractivity contribution in [1.29, 1.82) is 0 Å². The Balaban J connectivity index is 1.77. The van der Waals surface area contributed by atoms with Gasteiger partial charge in [-0.1, -0.05) is 108 Å². The van der Waals surface area contributed by atoms with E-state index in [1.807, 2.05) is 60.7 Å². The molecule has 0 heterocycles. The average molecular weight is 529 g/mol. The maximum Gasteiger partial charge on any atom is 0.224 e. The number of methoxy groups -OCH3 is 2. The lowest BCUT2D eigenvalue weighted by molar-refractivity contribution is 0.0506. The normalized spacial score (nSPS) is 21.3. The van der Waals surface area contributed by atoms with E-state index in [9.17, 15) is 10.2 Å². The van der Waals surface area contributed by atoms with Gasteiger partial charge < -0.3 is 29.2 Å². The van der Waals surface area contributed by atoms with Gasteiger partial charge in [-0.15, -0.1) is 0 Å². The fourth-order valence-electron chi connectivity index (χ4n) is 3.46. The molecular weight excluding hydrogens is 503 g/mol. The summed E-state index contributed by atoms with van der Waals surface area (Å²) < 4.78 is 21.7. The van der Waals surface area contributed by atoms with E-state index in [0.717, 1.165) is 11.1 Å². The fraction of sp³-hybridized carbons (Fsp3) is 0.286. The van der Waals surface area contributed by atoms with Gasteiger partial charge in [-0.05, 0) is 11.1 Å². The van der Waals surface area contributed by atoms with E-state index in [1.54, 1.807) is 0 Å². The van der Waals surface area contributed by atoms with Crippen molar-refractivity contribution in [3.05, 3.63) is 93.4 Å². The zero-order valence-electron chi connectivity index (χ0n) is 19.9. The molecule has 2 aromatic carbocycles. The van der Waals surface area contributed by atoms with E-state index in [-0.39, 0.29) is 34.8 Å². The number of rotatable bonds is 8. The number of benzene rings is 2. The minimum Gasteiger partial charge on any atom is -0.495 e. The molecule has 1 aliphatic carbocycles. The second-order valence-electron chi connectivity index (χ2n) is 7.68. The number of hydrogen-bond donors (Lipinski definition) is 2. The molecule has 0 saturated heterocycles. The highest BCUT2D eigenvalue weighted by molar-refractivity contribution is 6.35. The SMILES string of the molecule is COC1=C(Cl)C(O)(C#CCOCc2ccccc2)C(OC)=C(Cl)C1(O)C#CCOCc1ccccc1. The van der Waals surface area contributed by atoms with Gasteiger partial charge in [0.2, 0.25) is 11.2 Å². The van der Waals surface area contributed by atoms with Crippen LogP contribution in [0.4, 0.5) is 0 Å². The van der Waals surface area contributed by atoms with Crippen molar-refractivity contribution in [3.63, 3.8) is 0 Å². The highest BCUT2D eigenvalue weighted by atomic mass is 35.5. The van der Waals surface area contributed by atoms with Crippen molar-refractivity contribution in [2.45, 2.75) is 24.4 Å². The molecule has 8 heteroatoms. The zero-order chi connectivity index (χ0) is 26.0. The minimum atomic E-state index is -2.17. The van der Waals surface area contributed by atoms with Gasteiger partial charge in [-0.25, -0.2) is 0 Å². The molecule has 0 amide bonds. The first kappa shape index (κ1) is 27.6. The van der Waals surface area contributed by atoms with Gasteiger partial charge in [0.15, 0.2) is 11.5 Å². The van der Waals surface area contributed by atoms with Crippen LogP contribution >= 0.6 is 23.2 Å². The third-order valence-electron chi connectivity index (χ3n) is 5.21. The van der Waals surface area contributed by atoms with Crippen LogP contribution in [0.1, 0.15) is 11.1 Å². The number of ether oxygens (including phenoxy) is 4. The summed E-state index contributed by atoms with van der Waals surface area (Å²) in [5.41, 5.74) is -2.39. The van der Waals surface area contributed by atoms with Gasteiger partial charge in [-0.3, -0.25) is 0 Å². The first-order valence-corrected chi connectivity index (χ1v) is 11.7. The largest absolute Gasteiger partial charge is 0.495 e. The predicted molar refractivity (Wildman–Crippen MR) is 137 cm³/mol. The van der Waals surface area contributed by atoms with Crippen molar-refractivity contribution in [1.82, 2.24) is 0 Å². The standard InChI is InChI=1S/C28H26Cl2O6/c1-33-25-23(29)28(32,16-10-18-36-20-22-13-7-4-8-14-22)26(34-2)24(30)27(25,31)15-9-17-35-19-21-11-5-3-6-12-21/h3-8,11-14,31-32H,17-20H2,1-2H3. The Bertz CT molecular complexity index is 1120. The summed E-state index contributed by atoms with van der Waals surface area (Å²) in [4.78, 5) is 0. The summed E-state index contributed by atoms with van der Waals surface area (Å²) in [5.74, 6) is 10.1. The van der Waals surface area contributed by atoms with Crippen LogP contribution in [0.2, 0.25) is 0 Å². The summed E-state index contributed by atoms with van der Waals surface area (Å²) in [6.07, 6.45) is 0. The van der Waals surface area contributed by atoms with Crippen molar-refractivity contribution in [2.24, 2.45) is 0 Å². The van der Waals surface area contributed by atoms with Crippen molar-refractivity contribution in [2.75, 3.05) is 27.4 Å². The van der Waals surface area contributed by atoms with Crippen LogP contribution in [-0.4, -0.2) is 48.8 Å². The first-order chi connectivity index (χ1) is 17.4. The molecule has 36 heavy (non-hydrogen) atoms. The first-order valence-electron chi connectivity index (χ1n) is 10.9. The molecule has 2 atom stereocenters. The van der Waals surface area contributed by atoms with Crippen LogP contribution in [-0.2, 0) is 32.2 Å². The Labute approximate surface area is 221 Å². The van der Waals surface area contributed by atoms with Gasteiger partial charge in [0.25, 0.3) is 0 Å². The second-order valence-corrected chi connectivity index (χ2v) is 8.43. The maximum absolute atomic E-state index is 11.3. The highest BCUT2D eigenvalue weighted by Gasteiger charge is 2.54. The van der Waals surface area contributed by atoms with Crippen molar-refractivity contribution >= 4 is 23.2 Å². The summed E-state index contributed by atoms with van der Waals surface area (Å²) in [5, 5.41) is 22.0. The molecule has 0 spiro atoms. The quantitative estimate of drug-likeness (QED) is 0.396. The number of hydrogen-bond acceptors (Lipinski definition) is 6. The van der Waals surface area contributed by atoms with Crippen LogP contribution < -0.4 is 0 Å². The van der Waals surface area contributed by atoms with Crippen LogP contribution in [0.25, 0.3) is 0 Å². The maximum atomic E-state index is 11.3. The molecule has 6 nitrogen and oxygen atoms in total. The molecular formula is C28H26Cl2O6. The highest BCUT2D eigenvalue weighted by Crippen LogP contribution is 2.47. The molecule has 0 aliphatic heterocycles. The van der Waals surface area contributed by atoms with E-state index in [1.165, 1.54) is 14.2 Å². The van der Waals surface area contributed by atoms with E-state index in [4.69, 9.17) is 42.1 Å². The molecule has 0 radical (unpaired) electrons. The Kier molecular flexibility index (Phi) is 9.87. The van der Waals surface area contributed by atoms with Crippen LogP contribution in [0.5, 0.6) is 0 Å². The summed E-state index contributed by atoms with van der Waals surface area (Å²) >= 11 is 12.9. The third kappa shape index (κ3) is 6.24. The summed E-state index contributed by atoms with van der Waals surface area (Å²) in [6, 6.07) is 19.1. The lowest BCUT2D eigenvalue weighted by Crippen LogP contribution is -2.45. The van der Waals surface area contributed by atoms with Crippen LogP contribution in [0.3, 0.4) is 0 Å². The van der Waals surface area contributed by atoms with Crippen molar-refractivity contribution < 1.29 is 29.2 Å². The lowest BCUT2D eigenvalue weighted by atomic mass is 9.85. The smallest absolute Gasteiger partial charge is 0.224 e. The molecule has 2 unspecified atom stereocenters. The molecule has 2 aromatic rings. The van der Waals surface area contributed by atoms with Gasteiger partial charge in [0.1, 0.15) is 23.3 Å². The molecule has 2 N–H and O–H groups in total. The second kappa shape index (κ2) is 12.9. The van der Waals surface area contributed by atoms with E-state index in [0.29, 0.717) is 13.2 Å². The Morgan fingerprint density at radius 3 is 1.36 bits per heavy atom. The van der Waals surface area contributed by atoms with Crippen LogP contribution in [0.15, 0.2) is 82.2 Å². The summed E-state index contributed by atoms with van der Waals surface area (Å²) in [6.45, 7) is 0.689. The van der Waals surface area contributed by atoms with Gasteiger partial charge in [-0.2, -0.15) is 0 Å². The average Bonchev–Trinajstić information content (AvgIpc) is 2.89. The minimum absolute atomic E-state index is 0.00112. The molecule has 0 bridgehead atoms. The Morgan fingerprint density at radius 1 is 0.667 bits per heavy atom. The Hall–Kier alpha value is -2.94. The molecule has 0 fully saturated rings. The third-order valence-corrected chi connectivity index (χ3v) is 6.10. The van der Waals surface area contributed by atoms with E-state index < -0.39 is 11.2 Å². The molecule has 1 aliphatic rings. The number of aliphatic hydroxyl groups is 2. The van der Waals surface area contributed by atoms with Crippen LogP contribution in [0, 0.1) is 23.7 Å². The van der Waals surface area contributed by atoms with Gasteiger partial charge in [0.05, 0.1) is 27.4 Å². The monoisotopic (exact) mass is 528 g/mol. The van der Waals surface area contributed by atoms with Gasteiger partial charge >= 0.3 is 0 Å². The topological polar surface area (TPSA) is 77.4 Å². The number of halogens is 2. The van der Waals surface area contributed by atoms with E-state index in [2.05, 4.69) is 23.7 Å². The van der Waals surface area contributed by atoms with Crippen molar-refractivity contribution in [3.8, 4) is 23.7 Å². The summed E-state index contributed by atoms with van der Waals surface area (Å²) in [7, 11) is 2.55.